The van der Waals surface area contributed by atoms with E-state index in [1.54, 1.807) is 6.92 Å². The third-order valence-electron chi connectivity index (χ3n) is 2.78. The third-order valence-corrected chi connectivity index (χ3v) is 3.19. The van der Waals surface area contributed by atoms with E-state index in [-0.39, 0.29) is 28.3 Å². The van der Waals surface area contributed by atoms with E-state index in [2.05, 4.69) is 0 Å². The number of aryl methyl sites for hydroxylation is 1. The van der Waals surface area contributed by atoms with Crippen molar-refractivity contribution in [2.24, 2.45) is 0 Å². The summed E-state index contributed by atoms with van der Waals surface area (Å²) in [6.45, 7) is 1.88. The molecule has 0 aliphatic heterocycles. The van der Waals surface area contributed by atoms with Crippen LogP contribution < -0.4 is 5.73 Å². The van der Waals surface area contributed by atoms with Gasteiger partial charge in [-0.1, -0.05) is 12.2 Å². The Hall–Kier alpha value is -1.69. The molecule has 0 fully saturated rings. The lowest BCUT2D eigenvalue weighted by Crippen LogP contribution is -2.17. The first kappa shape index (κ1) is 12.8. The van der Waals surface area contributed by atoms with E-state index in [1.807, 2.05) is 0 Å². The van der Waals surface area contributed by atoms with Gasteiger partial charge in [0.2, 0.25) is 5.88 Å². The van der Waals surface area contributed by atoms with Crippen LogP contribution >= 0.6 is 12.2 Å². The van der Waals surface area contributed by atoms with Gasteiger partial charge in [-0.3, -0.25) is 4.79 Å². The monoisotopic (exact) mass is 267 g/mol. The number of Topliss-reactive ketones (excluding diaryl/α,β-unsaturated/α-hetero) is 1. The van der Waals surface area contributed by atoms with E-state index >= 15 is 0 Å². The predicted molar refractivity (Wildman–Crippen MR) is 67.2 cm³/mol. The van der Waals surface area contributed by atoms with E-state index < -0.39 is 5.97 Å². The number of carbonyl (C=O) groups is 2. The molecule has 0 aromatic carbocycles. The van der Waals surface area contributed by atoms with Gasteiger partial charge < -0.3 is 14.9 Å². The van der Waals surface area contributed by atoms with Crippen LogP contribution in [0.2, 0.25) is 0 Å². The van der Waals surface area contributed by atoms with Gasteiger partial charge >= 0.3 is 5.97 Å². The zero-order chi connectivity index (χ0) is 13.3. The van der Waals surface area contributed by atoms with E-state index in [4.69, 9.17) is 27.1 Å². The molecule has 18 heavy (non-hydrogen) atoms. The minimum Gasteiger partial charge on any atom is -0.462 e. The molecule has 0 radical (unpaired) electrons. The number of ether oxygens (including phenoxy) is 1. The lowest BCUT2D eigenvalue weighted by atomic mass is 9.95. The number of nitrogens with two attached hydrogens (primary N) is 1. The van der Waals surface area contributed by atoms with Crippen LogP contribution in [0.4, 0.5) is 5.88 Å². The van der Waals surface area contributed by atoms with Crippen LogP contribution in [0.1, 0.15) is 46.2 Å². The fraction of sp³-hybridized carbons (Fsp3) is 0.417. The average Bonchev–Trinajstić information content (AvgIpc) is 2.28. The van der Waals surface area contributed by atoms with Gasteiger partial charge in [0.1, 0.15) is 11.3 Å². The summed E-state index contributed by atoms with van der Waals surface area (Å²) in [6, 6.07) is 0. The molecule has 2 rings (SSSR count). The van der Waals surface area contributed by atoms with Gasteiger partial charge in [0, 0.05) is 12.8 Å². The number of rotatable bonds is 2. The van der Waals surface area contributed by atoms with Crippen molar-refractivity contribution in [1.82, 2.24) is 0 Å². The predicted octanol–water partition coefficient (Wildman–Crippen LogP) is 2.29. The summed E-state index contributed by atoms with van der Waals surface area (Å²) in [5, 5.41) is 0. The number of ketones is 1. The molecule has 2 N–H and O–H groups in total. The summed E-state index contributed by atoms with van der Waals surface area (Å²) in [5.41, 5.74) is 5.98. The van der Waals surface area contributed by atoms with Gasteiger partial charge in [0.25, 0.3) is 0 Å². The molecule has 1 aromatic heterocycles. The molecule has 6 heteroatoms. The smallest absolute Gasteiger partial charge is 0.345 e. The molecule has 96 valence electrons. The zero-order valence-electron chi connectivity index (χ0n) is 9.95. The van der Waals surface area contributed by atoms with E-state index in [0.29, 0.717) is 30.6 Å². The number of carbonyl (C=O) groups excluding carboxylic acids is 2. The van der Waals surface area contributed by atoms with Crippen LogP contribution in [-0.4, -0.2) is 18.4 Å². The number of hydrogen-bond acceptors (Lipinski definition) is 6. The van der Waals surface area contributed by atoms with Crippen LogP contribution in [0.5, 0.6) is 0 Å². The normalized spacial score (nSPS) is 14.2. The highest BCUT2D eigenvalue weighted by molar-refractivity contribution is 7.71. The first-order chi connectivity index (χ1) is 8.56. The Morgan fingerprint density at radius 3 is 2.89 bits per heavy atom. The fourth-order valence-corrected chi connectivity index (χ4v) is 2.40. The Morgan fingerprint density at radius 2 is 2.22 bits per heavy atom. The summed E-state index contributed by atoms with van der Waals surface area (Å²) < 4.78 is 10.3. The maximum absolute atomic E-state index is 11.8. The van der Waals surface area contributed by atoms with Gasteiger partial charge in [0.15, 0.2) is 5.78 Å². The molecule has 1 aliphatic carbocycles. The van der Waals surface area contributed by atoms with Gasteiger partial charge in [-0.25, -0.2) is 4.79 Å². The maximum atomic E-state index is 11.8. The number of esters is 1. The van der Waals surface area contributed by atoms with E-state index in [9.17, 15) is 9.59 Å². The third kappa shape index (κ3) is 2.03. The van der Waals surface area contributed by atoms with Gasteiger partial charge in [-0.05, 0) is 13.3 Å². The molecular weight excluding hydrogens is 254 g/mol. The highest BCUT2D eigenvalue weighted by Crippen LogP contribution is 2.28. The molecule has 0 atom stereocenters. The molecule has 0 saturated heterocycles. The largest absolute Gasteiger partial charge is 0.462 e. The molecular formula is C12H13NO4S. The van der Waals surface area contributed by atoms with Crippen molar-refractivity contribution in [3.63, 3.8) is 0 Å². The number of fused-ring (bicyclic) bond motifs is 1. The molecule has 0 unspecified atom stereocenters. The van der Waals surface area contributed by atoms with Crippen molar-refractivity contribution < 1.29 is 18.7 Å². The van der Waals surface area contributed by atoms with Crippen LogP contribution in [0.15, 0.2) is 4.42 Å². The molecule has 0 bridgehead atoms. The van der Waals surface area contributed by atoms with Crippen molar-refractivity contribution >= 4 is 29.9 Å². The maximum Gasteiger partial charge on any atom is 0.345 e. The summed E-state index contributed by atoms with van der Waals surface area (Å²) in [4.78, 5) is 23.6. The summed E-state index contributed by atoms with van der Waals surface area (Å²) in [5.74, 6) is -0.353. The Kier molecular flexibility index (Phi) is 3.47. The molecule has 0 amide bonds. The van der Waals surface area contributed by atoms with Crippen LogP contribution in [0.3, 0.4) is 0 Å². The summed E-state index contributed by atoms with van der Waals surface area (Å²) >= 11 is 5.17. The van der Waals surface area contributed by atoms with Crippen molar-refractivity contribution in [2.45, 2.75) is 26.2 Å². The second-order valence-electron chi connectivity index (χ2n) is 3.97. The molecule has 5 nitrogen and oxygen atoms in total. The number of anilines is 1. The second kappa shape index (κ2) is 4.89. The molecule has 0 spiro atoms. The fourth-order valence-electron chi connectivity index (χ4n) is 1.99. The van der Waals surface area contributed by atoms with Crippen LogP contribution in [0.25, 0.3) is 0 Å². The molecule has 1 aromatic rings. The molecule has 0 saturated carbocycles. The van der Waals surface area contributed by atoms with Crippen LogP contribution in [0, 0.1) is 4.51 Å². The minimum atomic E-state index is -0.648. The molecule has 1 aliphatic rings. The lowest BCUT2D eigenvalue weighted by Gasteiger charge is -2.15. The lowest BCUT2D eigenvalue weighted by molar-refractivity contribution is 0.0524. The summed E-state index contributed by atoms with van der Waals surface area (Å²) in [6.07, 6.45) is 1.73. The highest BCUT2D eigenvalue weighted by atomic mass is 32.1. The topological polar surface area (TPSA) is 82.5 Å². The first-order valence-corrected chi connectivity index (χ1v) is 6.12. The van der Waals surface area contributed by atoms with Crippen molar-refractivity contribution in [3.05, 3.63) is 21.4 Å². The van der Waals surface area contributed by atoms with Gasteiger partial charge in [-0.2, -0.15) is 0 Å². The van der Waals surface area contributed by atoms with E-state index in [0.717, 1.165) is 0 Å². The first-order valence-electron chi connectivity index (χ1n) is 5.72. The second-order valence-corrected chi connectivity index (χ2v) is 4.37. The Bertz CT molecular complexity index is 576. The van der Waals surface area contributed by atoms with E-state index in [1.165, 1.54) is 0 Å². The average molecular weight is 267 g/mol. The SMILES string of the molecule is CCOC(=O)c1c(N)oc2c(c1=S)C(=O)CCC2. The molecule has 1 heterocycles. The Labute approximate surface area is 109 Å². The van der Waals surface area contributed by atoms with Gasteiger partial charge in [0.05, 0.1) is 16.7 Å². The number of hydrogen-bond donors (Lipinski definition) is 1. The Balaban J connectivity index is 2.63. The van der Waals surface area contributed by atoms with Gasteiger partial charge in [-0.15, -0.1) is 0 Å². The van der Waals surface area contributed by atoms with Crippen molar-refractivity contribution in [1.29, 1.82) is 0 Å². The Morgan fingerprint density at radius 1 is 1.50 bits per heavy atom. The van der Waals surface area contributed by atoms with Crippen molar-refractivity contribution in [2.75, 3.05) is 12.3 Å². The quantitative estimate of drug-likeness (QED) is 0.654. The van der Waals surface area contributed by atoms with Crippen molar-refractivity contribution in [3.8, 4) is 0 Å². The standard InChI is InChI=1S/C12H13NO4S/c1-2-16-12(15)9-10(18)8-6(14)4-3-5-7(8)17-11(9)13/h2-5,13H2,1H3. The highest BCUT2D eigenvalue weighted by Gasteiger charge is 2.27. The number of nitrogen functional groups attached to an aromatic ring is 1. The minimum absolute atomic E-state index is 0.0131. The summed E-state index contributed by atoms with van der Waals surface area (Å²) in [7, 11) is 0. The zero-order valence-corrected chi connectivity index (χ0v) is 10.8. The van der Waals surface area contributed by atoms with Crippen LogP contribution in [-0.2, 0) is 11.2 Å².